The minimum Gasteiger partial charge on any atom is -0.453 e. The van der Waals surface area contributed by atoms with Crippen LogP contribution in [0.1, 0.15) is 16.3 Å². The number of benzene rings is 1. The number of hydrogen-bond acceptors (Lipinski definition) is 3. The van der Waals surface area contributed by atoms with Crippen LogP contribution in [0.3, 0.4) is 0 Å². The summed E-state index contributed by atoms with van der Waals surface area (Å²) in [6.07, 6.45) is 0. The first-order valence-electron chi connectivity index (χ1n) is 5.33. The molecule has 1 N–H and O–H groups in total. The first-order valence-corrected chi connectivity index (χ1v) is 6.41. The van der Waals surface area contributed by atoms with Gasteiger partial charge in [0.2, 0.25) is 0 Å². The van der Waals surface area contributed by atoms with Crippen LogP contribution < -0.4 is 5.32 Å². The summed E-state index contributed by atoms with van der Waals surface area (Å²) in [5.41, 5.74) is 0.741. The molecule has 2 rings (SSSR count). The molecular weight excluding hydrogens is 345 g/mol. The zero-order valence-electron chi connectivity index (χ0n) is 9.77. The Morgan fingerprint density at radius 2 is 2.00 bits per heavy atom. The maximum atomic E-state index is 11.9. The highest BCUT2D eigenvalue weighted by atomic mass is 127. The van der Waals surface area contributed by atoms with Crippen molar-refractivity contribution in [3.05, 3.63) is 51.5 Å². The van der Waals surface area contributed by atoms with Crippen LogP contribution in [0, 0.1) is 3.57 Å². The Bertz CT molecular complexity index is 533. The molecule has 0 bridgehead atoms. The Morgan fingerprint density at radius 1 is 1.28 bits per heavy atom. The van der Waals surface area contributed by atoms with Gasteiger partial charge in [0, 0.05) is 16.4 Å². The summed E-state index contributed by atoms with van der Waals surface area (Å²) in [5.74, 6) is 0.643. The summed E-state index contributed by atoms with van der Waals surface area (Å²) >= 11 is 2.21. The Hall–Kier alpha value is -1.34. The molecule has 4 nitrogen and oxygen atoms in total. The van der Waals surface area contributed by atoms with Gasteiger partial charge in [-0.25, -0.2) is 0 Å². The Kier molecular flexibility index (Phi) is 4.38. The highest BCUT2D eigenvalue weighted by Crippen LogP contribution is 2.14. The van der Waals surface area contributed by atoms with Crippen molar-refractivity contribution >= 4 is 34.2 Å². The summed E-state index contributed by atoms with van der Waals surface area (Å²) in [6, 6.07) is 10.9. The summed E-state index contributed by atoms with van der Waals surface area (Å²) in [4.78, 5) is 11.9. The van der Waals surface area contributed by atoms with Gasteiger partial charge >= 0.3 is 0 Å². The molecule has 0 saturated carbocycles. The molecule has 0 saturated heterocycles. The zero-order chi connectivity index (χ0) is 13.0. The minimum absolute atomic E-state index is 0.265. The van der Waals surface area contributed by atoms with E-state index in [9.17, 15) is 4.79 Å². The van der Waals surface area contributed by atoms with Crippen LogP contribution in [-0.4, -0.2) is 13.0 Å². The van der Waals surface area contributed by atoms with E-state index < -0.39 is 0 Å². The molecule has 0 aliphatic rings. The van der Waals surface area contributed by atoms with Crippen molar-refractivity contribution in [2.24, 2.45) is 0 Å². The van der Waals surface area contributed by atoms with Crippen LogP contribution in [0.2, 0.25) is 0 Å². The fourth-order valence-electron chi connectivity index (χ4n) is 1.45. The van der Waals surface area contributed by atoms with E-state index in [1.54, 1.807) is 19.2 Å². The van der Waals surface area contributed by atoms with Gasteiger partial charge in [-0.2, -0.15) is 0 Å². The van der Waals surface area contributed by atoms with Gasteiger partial charge < -0.3 is 14.5 Å². The standard InChI is InChI=1S/C13H12INO3/c1-17-8-11-6-7-12(18-11)13(16)15-10-4-2-9(14)3-5-10/h2-7H,8H2,1H3,(H,15,16). The van der Waals surface area contributed by atoms with Crippen LogP contribution in [0.4, 0.5) is 5.69 Å². The number of hydrogen-bond donors (Lipinski definition) is 1. The van der Waals surface area contributed by atoms with Gasteiger partial charge in [0.1, 0.15) is 12.4 Å². The summed E-state index contributed by atoms with van der Waals surface area (Å²) in [6.45, 7) is 0.358. The Morgan fingerprint density at radius 3 is 2.67 bits per heavy atom. The quantitative estimate of drug-likeness (QED) is 0.855. The summed E-state index contributed by atoms with van der Waals surface area (Å²) in [5, 5.41) is 2.76. The van der Waals surface area contributed by atoms with Crippen LogP contribution >= 0.6 is 22.6 Å². The first kappa shape index (κ1) is 13.1. The molecule has 1 amide bonds. The molecule has 1 aromatic heterocycles. The molecule has 5 heteroatoms. The second-order valence-electron chi connectivity index (χ2n) is 3.66. The van der Waals surface area contributed by atoms with E-state index in [0.717, 1.165) is 9.26 Å². The molecule has 1 heterocycles. The van der Waals surface area contributed by atoms with Crippen molar-refractivity contribution in [1.82, 2.24) is 0 Å². The predicted octanol–water partition coefficient (Wildman–Crippen LogP) is 3.28. The third-order valence-corrected chi connectivity index (χ3v) is 2.99. The Labute approximate surface area is 118 Å². The number of amides is 1. The zero-order valence-corrected chi connectivity index (χ0v) is 11.9. The van der Waals surface area contributed by atoms with E-state index in [1.165, 1.54) is 0 Å². The molecule has 0 radical (unpaired) electrons. The van der Waals surface area contributed by atoms with Crippen molar-refractivity contribution in [3.63, 3.8) is 0 Å². The third kappa shape index (κ3) is 3.33. The number of ether oxygens (including phenoxy) is 1. The molecule has 0 aliphatic carbocycles. The number of carbonyl (C=O) groups is 1. The number of halogens is 1. The molecule has 0 unspecified atom stereocenters. The van der Waals surface area contributed by atoms with Crippen molar-refractivity contribution in [1.29, 1.82) is 0 Å². The normalized spacial score (nSPS) is 10.3. The predicted molar refractivity (Wildman–Crippen MR) is 76.5 cm³/mol. The lowest BCUT2D eigenvalue weighted by molar-refractivity contribution is 0.0987. The second-order valence-corrected chi connectivity index (χ2v) is 4.91. The van der Waals surface area contributed by atoms with Gasteiger partial charge in [-0.3, -0.25) is 4.79 Å². The Balaban J connectivity index is 2.04. The average molecular weight is 357 g/mol. The van der Waals surface area contributed by atoms with Gasteiger partial charge in [-0.05, 0) is 59.0 Å². The van der Waals surface area contributed by atoms with Gasteiger partial charge in [0.25, 0.3) is 5.91 Å². The molecule has 18 heavy (non-hydrogen) atoms. The van der Waals surface area contributed by atoms with Gasteiger partial charge in [0.05, 0.1) is 0 Å². The maximum Gasteiger partial charge on any atom is 0.291 e. The monoisotopic (exact) mass is 357 g/mol. The molecule has 94 valence electrons. The summed E-state index contributed by atoms with van der Waals surface area (Å²) in [7, 11) is 1.58. The van der Waals surface area contributed by atoms with E-state index in [4.69, 9.17) is 9.15 Å². The van der Waals surface area contributed by atoms with Gasteiger partial charge in [-0.15, -0.1) is 0 Å². The van der Waals surface area contributed by atoms with Crippen molar-refractivity contribution in [2.75, 3.05) is 12.4 Å². The number of furan rings is 1. The molecular formula is C13H12INO3. The average Bonchev–Trinajstić information content (AvgIpc) is 2.81. The van der Waals surface area contributed by atoms with Crippen LogP contribution in [0.15, 0.2) is 40.8 Å². The van der Waals surface area contributed by atoms with E-state index in [-0.39, 0.29) is 11.7 Å². The SMILES string of the molecule is COCc1ccc(C(=O)Nc2ccc(I)cc2)o1. The van der Waals surface area contributed by atoms with Crippen LogP contribution in [0.5, 0.6) is 0 Å². The molecule has 0 spiro atoms. The molecule has 0 fully saturated rings. The van der Waals surface area contributed by atoms with E-state index in [1.807, 2.05) is 24.3 Å². The number of methoxy groups -OCH3 is 1. The fourth-order valence-corrected chi connectivity index (χ4v) is 1.81. The molecule has 0 atom stereocenters. The number of rotatable bonds is 4. The van der Waals surface area contributed by atoms with E-state index >= 15 is 0 Å². The van der Waals surface area contributed by atoms with Crippen LogP contribution in [0.25, 0.3) is 0 Å². The first-order chi connectivity index (χ1) is 8.69. The van der Waals surface area contributed by atoms with E-state index in [2.05, 4.69) is 27.9 Å². The highest BCUT2D eigenvalue weighted by molar-refractivity contribution is 14.1. The maximum absolute atomic E-state index is 11.9. The molecule has 1 aromatic carbocycles. The molecule has 2 aromatic rings. The lowest BCUT2D eigenvalue weighted by Gasteiger charge is -2.02. The van der Waals surface area contributed by atoms with E-state index in [0.29, 0.717) is 12.4 Å². The van der Waals surface area contributed by atoms with Crippen molar-refractivity contribution in [3.8, 4) is 0 Å². The number of carbonyl (C=O) groups excluding carboxylic acids is 1. The lowest BCUT2D eigenvalue weighted by atomic mass is 10.3. The van der Waals surface area contributed by atoms with Gasteiger partial charge in [0.15, 0.2) is 5.76 Å². The topological polar surface area (TPSA) is 51.5 Å². The van der Waals surface area contributed by atoms with Crippen LogP contribution in [-0.2, 0) is 11.3 Å². The summed E-state index contributed by atoms with van der Waals surface area (Å²) < 4.78 is 11.4. The largest absolute Gasteiger partial charge is 0.453 e. The number of anilines is 1. The lowest BCUT2D eigenvalue weighted by Crippen LogP contribution is -2.10. The fraction of sp³-hybridized carbons (Fsp3) is 0.154. The molecule has 0 aliphatic heterocycles. The smallest absolute Gasteiger partial charge is 0.291 e. The number of nitrogens with one attached hydrogen (secondary N) is 1. The second kappa shape index (κ2) is 6.01. The van der Waals surface area contributed by atoms with Gasteiger partial charge in [-0.1, -0.05) is 0 Å². The van der Waals surface area contributed by atoms with Crippen molar-refractivity contribution in [2.45, 2.75) is 6.61 Å². The van der Waals surface area contributed by atoms with Crippen molar-refractivity contribution < 1.29 is 13.9 Å². The highest BCUT2D eigenvalue weighted by Gasteiger charge is 2.11. The minimum atomic E-state index is -0.265. The third-order valence-electron chi connectivity index (χ3n) is 2.27.